The Kier molecular flexibility index (Phi) is 12.6. The van der Waals surface area contributed by atoms with Crippen LogP contribution in [0.15, 0.2) is 0 Å². The van der Waals surface area contributed by atoms with Crippen LogP contribution in [0.2, 0.25) is 0 Å². The molecule has 0 saturated heterocycles. The topological polar surface area (TPSA) is 27.7 Å². The van der Waals surface area contributed by atoms with Crippen molar-refractivity contribution in [3.05, 3.63) is 34.6 Å². The Hall–Kier alpha value is -1.03. The van der Waals surface area contributed by atoms with Gasteiger partial charge in [-0.15, -0.1) is 0 Å². The fourth-order valence-corrected chi connectivity index (χ4v) is 4.06. The molecule has 0 aromatic heterocycles. The van der Waals surface area contributed by atoms with Crippen LogP contribution in [-0.4, -0.2) is 29.9 Å². The van der Waals surface area contributed by atoms with Gasteiger partial charge in [0.2, 0.25) is 5.82 Å². The first-order chi connectivity index (χ1) is 13.8. The molecule has 0 aliphatic carbocycles. The Morgan fingerprint density at radius 3 is 1.55 bits per heavy atom. The van der Waals surface area contributed by atoms with E-state index in [-0.39, 0.29) is 12.5 Å². The summed E-state index contributed by atoms with van der Waals surface area (Å²) in [5.74, 6) is -9.29. The first-order valence-electron chi connectivity index (χ1n) is 10.0. The number of hydrogen-bond donors (Lipinski definition) is 0. The second-order valence-corrected chi connectivity index (χ2v) is 8.91. The molecule has 0 radical (unpaired) electrons. The SMILES string of the molecule is CO[SiH](OC)OC(C)CCCCCCCCCCc1c(F)c(F)c(F)c(F)c1F. The zero-order valence-corrected chi connectivity index (χ0v) is 18.5. The lowest BCUT2D eigenvalue weighted by Gasteiger charge is -2.17. The van der Waals surface area contributed by atoms with E-state index in [1.165, 1.54) is 0 Å². The van der Waals surface area contributed by atoms with Crippen molar-refractivity contribution in [2.24, 2.45) is 0 Å². The van der Waals surface area contributed by atoms with Crippen LogP contribution in [0.5, 0.6) is 0 Å². The fraction of sp³-hybridized carbons (Fsp3) is 0.700. The van der Waals surface area contributed by atoms with Gasteiger partial charge in [-0.3, -0.25) is 0 Å². The highest BCUT2D eigenvalue weighted by molar-refractivity contribution is 6.36. The van der Waals surface area contributed by atoms with Crippen molar-refractivity contribution in [3.63, 3.8) is 0 Å². The third-order valence-electron chi connectivity index (χ3n) is 4.82. The molecule has 1 unspecified atom stereocenters. The molecule has 1 rings (SSSR count). The predicted octanol–water partition coefficient (Wildman–Crippen LogP) is 5.85. The molecule has 0 amide bonds. The summed E-state index contributed by atoms with van der Waals surface area (Å²) in [7, 11) is 1.18. The van der Waals surface area contributed by atoms with Crippen molar-refractivity contribution < 1.29 is 35.2 Å². The van der Waals surface area contributed by atoms with Crippen molar-refractivity contribution in [1.82, 2.24) is 0 Å². The van der Waals surface area contributed by atoms with Crippen LogP contribution < -0.4 is 0 Å². The van der Waals surface area contributed by atoms with Gasteiger partial charge in [0.05, 0.1) is 0 Å². The minimum absolute atomic E-state index is 0.105. The molecule has 0 aliphatic heterocycles. The monoisotopic (exact) mass is 442 g/mol. The maximum atomic E-state index is 13.6. The van der Waals surface area contributed by atoms with E-state index >= 15 is 0 Å². The van der Waals surface area contributed by atoms with Crippen molar-refractivity contribution in [3.8, 4) is 0 Å². The zero-order chi connectivity index (χ0) is 21.8. The summed E-state index contributed by atoms with van der Waals surface area (Å²) < 4.78 is 82.4. The molecule has 0 fully saturated rings. The van der Waals surface area contributed by atoms with Crippen LogP contribution in [-0.2, 0) is 19.7 Å². The van der Waals surface area contributed by atoms with Gasteiger partial charge in [-0.1, -0.05) is 44.9 Å². The largest absolute Gasteiger partial charge is 0.483 e. The molecular formula is C20H31F5O3Si. The van der Waals surface area contributed by atoms with Crippen molar-refractivity contribution in [2.75, 3.05) is 14.2 Å². The average molecular weight is 443 g/mol. The lowest BCUT2D eigenvalue weighted by molar-refractivity contribution is 0.0892. The third kappa shape index (κ3) is 8.70. The van der Waals surface area contributed by atoms with Gasteiger partial charge in [0.25, 0.3) is 0 Å². The molecule has 0 spiro atoms. The number of hydrogen-bond acceptors (Lipinski definition) is 3. The Balaban J connectivity index is 2.12. The summed E-state index contributed by atoms with van der Waals surface area (Å²) in [5.41, 5.74) is -0.718. The van der Waals surface area contributed by atoms with E-state index in [1.807, 2.05) is 6.92 Å². The first-order valence-corrected chi connectivity index (χ1v) is 11.5. The van der Waals surface area contributed by atoms with Crippen molar-refractivity contribution >= 4 is 9.53 Å². The lowest BCUT2D eigenvalue weighted by atomic mass is 10.0. The average Bonchev–Trinajstić information content (AvgIpc) is 2.72. The summed E-state index contributed by atoms with van der Waals surface area (Å²) in [6.45, 7) is 2.00. The maximum Gasteiger partial charge on any atom is 0.483 e. The quantitative estimate of drug-likeness (QED) is 0.112. The Morgan fingerprint density at radius 2 is 1.07 bits per heavy atom. The standard InChI is InChI=1S/C20H31F5O3Si/c1-14(28-29(26-2)27-3)12-10-8-6-4-5-7-9-11-13-15-16(21)18(23)20(25)19(24)17(15)22/h14,29H,4-13H2,1-3H3. The Labute approximate surface area is 171 Å². The number of benzene rings is 1. The van der Waals surface area contributed by atoms with Gasteiger partial charge in [0, 0.05) is 25.9 Å². The van der Waals surface area contributed by atoms with Crippen LogP contribution >= 0.6 is 0 Å². The van der Waals surface area contributed by atoms with E-state index in [1.54, 1.807) is 14.2 Å². The summed E-state index contributed by atoms with van der Waals surface area (Å²) in [6, 6.07) is 0. The van der Waals surface area contributed by atoms with E-state index < -0.39 is 44.2 Å². The molecule has 0 bridgehead atoms. The minimum atomic E-state index is -2.11. The van der Waals surface area contributed by atoms with Gasteiger partial charge in [-0.25, -0.2) is 22.0 Å². The van der Waals surface area contributed by atoms with Crippen LogP contribution in [0.3, 0.4) is 0 Å². The van der Waals surface area contributed by atoms with Gasteiger partial charge >= 0.3 is 9.53 Å². The highest BCUT2D eigenvalue weighted by Gasteiger charge is 2.25. The smallest absolute Gasteiger partial charge is 0.379 e. The van der Waals surface area contributed by atoms with Gasteiger partial charge in [-0.2, -0.15) is 0 Å². The van der Waals surface area contributed by atoms with Crippen LogP contribution in [0.4, 0.5) is 22.0 Å². The molecular weight excluding hydrogens is 411 g/mol. The second kappa shape index (κ2) is 14.1. The molecule has 168 valence electrons. The second-order valence-electron chi connectivity index (χ2n) is 7.12. The van der Waals surface area contributed by atoms with E-state index in [0.29, 0.717) is 12.8 Å². The van der Waals surface area contributed by atoms with Crippen molar-refractivity contribution in [1.29, 1.82) is 0 Å². The number of halogens is 5. The van der Waals surface area contributed by atoms with Gasteiger partial charge < -0.3 is 13.3 Å². The third-order valence-corrected chi connectivity index (χ3v) is 6.27. The highest BCUT2D eigenvalue weighted by Crippen LogP contribution is 2.24. The fourth-order valence-electron chi connectivity index (χ4n) is 3.13. The molecule has 1 aromatic rings. The molecule has 0 N–H and O–H groups in total. The molecule has 29 heavy (non-hydrogen) atoms. The Morgan fingerprint density at radius 1 is 0.655 bits per heavy atom. The van der Waals surface area contributed by atoms with E-state index in [0.717, 1.165) is 44.9 Å². The molecule has 0 heterocycles. The number of rotatable bonds is 15. The van der Waals surface area contributed by atoms with Gasteiger partial charge in [-0.05, 0) is 26.2 Å². The van der Waals surface area contributed by atoms with Gasteiger partial charge in [0.1, 0.15) is 0 Å². The molecule has 3 nitrogen and oxygen atoms in total. The highest BCUT2D eigenvalue weighted by atomic mass is 28.3. The summed E-state index contributed by atoms with van der Waals surface area (Å²) >= 11 is 0. The van der Waals surface area contributed by atoms with Crippen LogP contribution in [0.25, 0.3) is 0 Å². The zero-order valence-electron chi connectivity index (χ0n) is 17.3. The molecule has 9 heteroatoms. The van der Waals surface area contributed by atoms with Crippen LogP contribution in [0, 0.1) is 29.1 Å². The summed E-state index contributed by atoms with van der Waals surface area (Å²) in [6.07, 6.45) is 8.07. The molecule has 1 aromatic carbocycles. The van der Waals surface area contributed by atoms with E-state index in [4.69, 9.17) is 13.3 Å². The predicted molar refractivity (Wildman–Crippen MR) is 103 cm³/mol. The molecule has 0 aliphatic rings. The molecule has 1 atom stereocenters. The van der Waals surface area contributed by atoms with Crippen molar-refractivity contribution in [2.45, 2.75) is 77.2 Å². The van der Waals surface area contributed by atoms with E-state index in [2.05, 4.69) is 0 Å². The van der Waals surface area contributed by atoms with E-state index in [9.17, 15) is 22.0 Å². The van der Waals surface area contributed by atoms with Crippen LogP contribution in [0.1, 0.15) is 70.3 Å². The minimum Gasteiger partial charge on any atom is -0.379 e. The molecule has 0 saturated carbocycles. The summed E-state index contributed by atoms with van der Waals surface area (Å²) in [5, 5.41) is 0. The Bertz CT molecular complexity index is 585. The normalized spacial score (nSPS) is 12.7. The maximum absolute atomic E-state index is 13.6. The summed E-state index contributed by atoms with van der Waals surface area (Å²) in [4.78, 5) is 0. The number of unbranched alkanes of at least 4 members (excludes halogenated alkanes) is 7. The van der Waals surface area contributed by atoms with Gasteiger partial charge in [0.15, 0.2) is 23.3 Å². The first kappa shape index (κ1) is 26.0. The lowest BCUT2D eigenvalue weighted by Crippen LogP contribution is -2.28.